The maximum Gasteiger partial charge on any atom is 0.246 e. The fraction of sp³-hybridized carbons (Fsp3) is 0.450. The van der Waals surface area contributed by atoms with Crippen molar-refractivity contribution in [3.63, 3.8) is 0 Å². The minimum atomic E-state index is -0.211. The van der Waals surface area contributed by atoms with Gasteiger partial charge in [0.05, 0.1) is 17.1 Å². The summed E-state index contributed by atoms with van der Waals surface area (Å²) in [7, 11) is 0. The molecule has 2 rings (SSSR count). The summed E-state index contributed by atoms with van der Waals surface area (Å²) in [5.74, 6) is 0.999. The van der Waals surface area contributed by atoms with Crippen LogP contribution >= 0.6 is 0 Å². The molecule has 1 heterocycles. The standard InChI is InChI=1S/C20H27N3O2/c1-14(2)20(25)21-13-9-5-6-12-19-22-17-10-7-8-11-18(17)23(19)15(3)16(4)24/h7-8,10-11,15H,1,5-6,9,12-13H2,2-4H3,(H,21,25). The molecule has 5 nitrogen and oxygen atoms in total. The number of carbonyl (C=O) groups excluding carboxylic acids is 2. The maximum absolute atomic E-state index is 11.9. The minimum absolute atomic E-state index is 0.0860. The van der Waals surface area contributed by atoms with E-state index < -0.39 is 0 Å². The predicted octanol–water partition coefficient (Wildman–Crippen LogP) is 3.59. The average Bonchev–Trinajstić information content (AvgIpc) is 2.94. The van der Waals surface area contributed by atoms with Gasteiger partial charge in [0.15, 0.2) is 5.78 Å². The number of hydrogen-bond acceptors (Lipinski definition) is 3. The van der Waals surface area contributed by atoms with Crippen LogP contribution in [-0.4, -0.2) is 27.8 Å². The number of carbonyl (C=O) groups is 2. The first-order valence-corrected chi connectivity index (χ1v) is 8.81. The van der Waals surface area contributed by atoms with Crippen molar-refractivity contribution < 1.29 is 9.59 Å². The van der Waals surface area contributed by atoms with E-state index in [0.29, 0.717) is 12.1 Å². The summed E-state index contributed by atoms with van der Waals surface area (Å²) in [4.78, 5) is 28.0. The van der Waals surface area contributed by atoms with Crippen LogP contribution in [0.2, 0.25) is 0 Å². The first-order chi connectivity index (χ1) is 11.9. The highest BCUT2D eigenvalue weighted by Gasteiger charge is 2.18. The smallest absolute Gasteiger partial charge is 0.246 e. The summed E-state index contributed by atoms with van der Waals surface area (Å²) < 4.78 is 2.06. The number of hydrogen-bond donors (Lipinski definition) is 1. The number of unbranched alkanes of at least 4 members (excludes halogenated alkanes) is 2. The topological polar surface area (TPSA) is 64.0 Å². The molecule has 0 saturated heterocycles. The third-order valence-corrected chi connectivity index (χ3v) is 4.39. The normalized spacial score (nSPS) is 12.1. The van der Waals surface area contributed by atoms with Crippen LogP contribution in [-0.2, 0) is 16.0 Å². The molecule has 1 N–H and O–H groups in total. The van der Waals surface area contributed by atoms with E-state index in [4.69, 9.17) is 4.98 Å². The van der Waals surface area contributed by atoms with Gasteiger partial charge in [-0.3, -0.25) is 9.59 Å². The molecular formula is C20H27N3O2. The van der Waals surface area contributed by atoms with Crippen molar-refractivity contribution in [1.82, 2.24) is 14.9 Å². The molecule has 0 aliphatic rings. The van der Waals surface area contributed by atoms with E-state index in [-0.39, 0.29) is 17.7 Å². The van der Waals surface area contributed by atoms with Gasteiger partial charge in [0.1, 0.15) is 5.82 Å². The van der Waals surface area contributed by atoms with Crippen LogP contribution in [0, 0.1) is 0 Å². The Balaban J connectivity index is 1.96. The van der Waals surface area contributed by atoms with Gasteiger partial charge < -0.3 is 9.88 Å². The monoisotopic (exact) mass is 341 g/mol. The van der Waals surface area contributed by atoms with Gasteiger partial charge in [0.2, 0.25) is 5.91 Å². The van der Waals surface area contributed by atoms with Gasteiger partial charge in [-0.25, -0.2) is 4.98 Å². The highest BCUT2D eigenvalue weighted by Crippen LogP contribution is 2.23. The van der Waals surface area contributed by atoms with E-state index in [1.807, 2.05) is 31.2 Å². The van der Waals surface area contributed by atoms with E-state index in [0.717, 1.165) is 42.5 Å². The molecule has 1 amide bonds. The van der Waals surface area contributed by atoms with Crippen LogP contribution in [0.25, 0.3) is 11.0 Å². The number of nitrogens with zero attached hydrogens (tertiary/aromatic N) is 2. The van der Waals surface area contributed by atoms with E-state index in [9.17, 15) is 9.59 Å². The first kappa shape index (κ1) is 18.9. The third kappa shape index (κ3) is 4.78. The Bertz CT molecular complexity index is 776. The van der Waals surface area contributed by atoms with Crippen LogP contribution in [0.15, 0.2) is 36.4 Å². The molecule has 1 atom stereocenters. The molecule has 1 aromatic carbocycles. The molecule has 25 heavy (non-hydrogen) atoms. The Morgan fingerprint density at radius 1 is 1.20 bits per heavy atom. The van der Waals surface area contributed by atoms with Crippen molar-refractivity contribution in [2.45, 2.75) is 52.5 Å². The molecule has 0 fully saturated rings. The Hall–Kier alpha value is -2.43. The van der Waals surface area contributed by atoms with Gasteiger partial charge in [0.25, 0.3) is 0 Å². The SMILES string of the molecule is C=C(C)C(=O)NCCCCCc1nc2ccccc2n1C(C)C(C)=O. The quantitative estimate of drug-likeness (QED) is 0.560. The molecular weight excluding hydrogens is 314 g/mol. The Morgan fingerprint density at radius 3 is 2.60 bits per heavy atom. The summed E-state index contributed by atoms with van der Waals surface area (Å²) in [6.45, 7) is 9.53. The largest absolute Gasteiger partial charge is 0.352 e. The lowest BCUT2D eigenvalue weighted by molar-refractivity contribution is -0.119. The molecule has 2 aromatic rings. The zero-order valence-corrected chi connectivity index (χ0v) is 15.3. The second-order valence-corrected chi connectivity index (χ2v) is 6.52. The van der Waals surface area contributed by atoms with Crippen LogP contribution in [0.1, 0.15) is 51.9 Å². The van der Waals surface area contributed by atoms with Crippen molar-refractivity contribution in [1.29, 1.82) is 0 Å². The summed E-state index contributed by atoms with van der Waals surface area (Å²) >= 11 is 0. The molecule has 5 heteroatoms. The molecule has 0 aliphatic heterocycles. The maximum atomic E-state index is 11.9. The number of aromatic nitrogens is 2. The van der Waals surface area contributed by atoms with E-state index >= 15 is 0 Å². The average molecular weight is 341 g/mol. The lowest BCUT2D eigenvalue weighted by atomic mass is 10.1. The fourth-order valence-electron chi connectivity index (χ4n) is 2.82. The Labute approximate surface area is 149 Å². The molecule has 134 valence electrons. The van der Waals surface area contributed by atoms with Crippen molar-refractivity contribution in [3.8, 4) is 0 Å². The van der Waals surface area contributed by atoms with Gasteiger partial charge in [-0.05, 0) is 45.7 Å². The summed E-state index contributed by atoms with van der Waals surface area (Å²) in [5, 5.41) is 2.84. The molecule has 0 bridgehead atoms. The zero-order chi connectivity index (χ0) is 18.4. The fourth-order valence-corrected chi connectivity index (χ4v) is 2.82. The van der Waals surface area contributed by atoms with Crippen molar-refractivity contribution in [2.24, 2.45) is 0 Å². The van der Waals surface area contributed by atoms with Gasteiger partial charge >= 0.3 is 0 Å². The summed E-state index contributed by atoms with van der Waals surface area (Å²) in [5.41, 5.74) is 2.47. The van der Waals surface area contributed by atoms with Crippen LogP contribution < -0.4 is 5.32 Å². The minimum Gasteiger partial charge on any atom is -0.352 e. The van der Waals surface area contributed by atoms with Crippen LogP contribution in [0.5, 0.6) is 0 Å². The number of fused-ring (bicyclic) bond motifs is 1. The number of benzene rings is 1. The second kappa shape index (κ2) is 8.60. The highest BCUT2D eigenvalue weighted by molar-refractivity contribution is 5.92. The number of rotatable bonds is 9. The zero-order valence-electron chi connectivity index (χ0n) is 15.3. The highest BCUT2D eigenvalue weighted by atomic mass is 16.1. The number of aryl methyl sites for hydroxylation is 1. The van der Waals surface area contributed by atoms with Gasteiger partial charge in [-0.2, -0.15) is 0 Å². The molecule has 0 aliphatic carbocycles. The van der Waals surface area contributed by atoms with E-state index in [1.54, 1.807) is 13.8 Å². The number of ketones is 1. The summed E-state index contributed by atoms with van der Waals surface area (Å²) in [6, 6.07) is 7.72. The molecule has 0 saturated carbocycles. The molecule has 0 radical (unpaired) electrons. The lowest BCUT2D eigenvalue weighted by Crippen LogP contribution is -2.24. The third-order valence-electron chi connectivity index (χ3n) is 4.39. The van der Waals surface area contributed by atoms with Gasteiger partial charge in [-0.1, -0.05) is 25.1 Å². The van der Waals surface area contributed by atoms with Crippen molar-refractivity contribution in [3.05, 3.63) is 42.2 Å². The van der Waals surface area contributed by atoms with Crippen molar-refractivity contribution >= 4 is 22.7 Å². The first-order valence-electron chi connectivity index (χ1n) is 8.81. The number of Topliss-reactive ketones (excluding diaryl/α,β-unsaturated/α-hetero) is 1. The molecule has 1 aromatic heterocycles. The molecule has 0 spiro atoms. The molecule has 1 unspecified atom stereocenters. The Kier molecular flexibility index (Phi) is 6.51. The number of para-hydroxylation sites is 2. The Morgan fingerprint density at radius 2 is 1.92 bits per heavy atom. The van der Waals surface area contributed by atoms with E-state index in [1.165, 1.54) is 0 Å². The predicted molar refractivity (Wildman–Crippen MR) is 101 cm³/mol. The lowest BCUT2D eigenvalue weighted by Gasteiger charge is -2.15. The van der Waals surface area contributed by atoms with E-state index in [2.05, 4.69) is 16.5 Å². The second-order valence-electron chi connectivity index (χ2n) is 6.52. The van der Waals surface area contributed by atoms with Gasteiger partial charge in [-0.15, -0.1) is 0 Å². The number of nitrogens with one attached hydrogen (secondary N) is 1. The van der Waals surface area contributed by atoms with Gasteiger partial charge in [0, 0.05) is 18.5 Å². The van der Waals surface area contributed by atoms with Crippen LogP contribution in [0.4, 0.5) is 0 Å². The summed E-state index contributed by atoms with van der Waals surface area (Å²) in [6.07, 6.45) is 3.70. The number of amides is 1. The van der Waals surface area contributed by atoms with Crippen LogP contribution in [0.3, 0.4) is 0 Å². The number of imidazole rings is 1. The van der Waals surface area contributed by atoms with Crippen molar-refractivity contribution in [2.75, 3.05) is 6.54 Å².